The average molecular weight is 448 g/mol. The minimum absolute atomic E-state index is 0.0497. The second kappa shape index (κ2) is 7.37. The number of sulfonamides is 1. The number of primary sulfonamides is 1. The van der Waals surface area contributed by atoms with Gasteiger partial charge in [0.1, 0.15) is 5.75 Å². The van der Waals surface area contributed by atoms with E-state index in [1.807, 2.05) is 19.1 Å². The van der Waals surface area contributed by atoms with Crippen molar-refractivity contribution in [2.24, 2.45) is 10.6 Å². The molecule has 1 aromatic heterocycles. The van der Waals surface area contributed by atoms with Gasteiger partial charge < -0.3 is 9.26 Å². The molecule has 3 aromatic rings. The lowest BCUT2D eigenvalue weighted by atomic mass is 10.0. The van der Waals surface area contributed by atoms with Crippen LogP contribution >= 0.6 is 11.6 Å². The van der Waals surface area contributed by atoms with Crippen LogP contribution < -0.4 is 9.88 Å². The smallest absolute Gasteiger partial charge is 0.267 e. The Morgan fingerprint density at radius 2 is 1.87 bits per heavy atom. The van der Waals surface area contributed by atoms with Crippen LogP contribution in [0.15, 0.2) is 57.9 Å². The molecule has 0 bridgehead atoms. The van der Waals surface area contributed by atoms with Gasteiger partial charge in [0.2, 0.25) is 10.0 Å². The van der Waals surface area contributed by atoms with E-state index in [1.165, 1.54) is 12.1 Å². The first-order valence-electron chi connectivity index (χ1n) is 9.46. The molecule has 2 aromatic carbocycles. The number of hydrogen-bond acceptors (Lipinski definition) is 6. The van der Waals surface area contributed by atoms with E-state index in [2.05, 4.69) is 24.0 Å². The molecule has 158 valence electrons. The minimum Gasteiger partial charge on any atom is -0.481 e. The Balaban J connectivity index is 1.51. The zero-order valence-electron chi connectivity index (χ0n) is 16.7. The summed E-state index contributed by atoms with van der Waals surface area (Å²) in [5.41, 5.74) is 0.911. The number of halogens is 1. The molecule has 1 saturated carbocycles. The third kappa shape index (κ3) is 3.95. The Morgan fingerprint density at radius 1 is 1.17 bits per heavy atom. The van der Waals surface area contributed by atoms with Crippen LogP contribution in [0.5, 0.6) is 5.75 Å². The van der Waals surface area contributed by atoms with Gasteiger partial charge in [0, 0.05) is 16.9 Å². The van der Waals surface area contributed by atoms with Crippen LogP contribution in [0.1, 0.15) is 56.0 Å². The summed E-state index contributed by atoms with van der Waals surface area (Å²) in [4.78, 5) is 4.66. The molecule has 0 spiro atoms. The lowest BCUT2D eigenvalue weighted by Crippen LogP contribution is -2.11. The molecule has 0 amide bonds. The molecule has 7 nitrogen and oxygen atoms in total. The van der Waals surface area contributed by atoms with Gasteiger partial charge in [-0.3, -0.25) is 0 Å². The predicted octanol–water partition coefficient (Wildman–Crippen LogP) is 4.42. The molecule has 4 rings (SSSR count). The molecular weight excluding hydrogens is 426 g/mol. The van der Waals surface area contributed by atoms with Crippen molar-refractivity contribution < 1.29 is 17.7 Å². The first-order valence-corrected chi connectivity index (χ1v) is 11.4. The van der Waals surface area contributed by atoms with Gasteiger partial charge in [0.15, 0.2) is 11.9 Å². The van der Waals surface area contributed by atoms with E-state index >= 15 is 0 Å². The van der Waals surface area contributed by atoms with Gasteiger partial charge in [-0.1, -0.05) is 48.8 Å². The molecule has 30 heavy (non-hydrogen) atoms. The summed E-state index contributed by atoms with van der Waals surface area (Å²) < 4.78 is 34.3. The molecule has 1 unspecified atom stereocenters. The van der Waals surface area contributed by atoms with Crippen LogP contribution in [-0.4, -0.2) is 18.6 Å². The number of nitrogens with zero attached hydrogens (tertiary/aromatic N) is 2. The van der Waals surface area contributed by atoms with Gasteiger partial charge in [0.05, 0.1) is 4.90 Å². The monoisotopic (exact) mass is 447 g/mol. The summed E-state index contributed by atoms with van der Waals surface area (Å²) in [7, 11) is -3.72. The fourth-order valence-corrected chi connectivity index (χ4v) is 4.64. The normalized spacial score (nSPS) is 21.2. The summed E-state index contributed by atoms with van der Waals surface area (Å²) in [5, 5.41) is 9.95. The third-order valence-electron chi connectivity index (χ3n) is 5.59. The number of ether oxygens (including phenoxy) is 1. The molecule has 0 radical (unpaired) electrons. The average Bonchev–Trinajstić information content (AvgIpc) is 3.01. The van der Waals surface area contributed by atoms with Crippen molar-refractivity contribution in [1.82, 2.24) is 10.1 Å². The maximum Gasteiger partial charge on any atom is 0.267 e. The Labute approximate surface area is 180 Å². The first-order chi connectivity index (χ1) is 14.1. The lowest BCUT2D eigenvalue weighted by molar-refractivity contribution is 0.175. The standard InChI is InChI=1S/C21H22ClN3O4S/c1-12(28-15-6-4-5-14(22)11-15)20-24-19(25-29-20)18-17(21(18,2)3)13-7-9-16(10-8-13)30(23,26)27/h4-12,17-18H,1-3H3,(H2,23,26,27)/t12?,17-,18+/m0/s1. The van der Waals surface area contributed by atoms with Gasteiger partial charge in [-0.05, 0) is 48.2 Å². The molecule has 1 heterocycles. The van der Waals surface area contributed by atoms with Gasteiger partial charge in [-0.2, -0.15) is 4.98 Å². The third-order valence-corrected chi connectivity index (χ3v) is 6.75. The molecule has 1 aliphatic rings. The Bertz CT molecular complexity index is 1170. The fourth-order valence-electron chi connectivity index (χ4n) is 3.94. The minimum atomic E-state index is -3.72. The molecule has 0 aliphatic heterocycles. The summed E-state index contributed by atoms with van der Waals surface area (Å²) in [5.74, 6) is 1.80. The number of nitrogens with two attached hydrogens (primary N) is 1. The summed E-state index contributed by atoms with van der Waals surface area (Å²) in [6.07, 6.45) is -0.431. The SMILES string of the molecule is CC(Oc1cccc(Cl)c1)c1nc([C@H]2[C@H](c3ccc(S(N)(=O)=O)cc3)C2(C)C)no1. The van der Waals surface area contributed by atoms with Crippen LogP contribution in [-0.2, 0) is 10.0 Å². The predicted molar refractivity (Wildman–Crippen MR) is 112 cm³/mol. The van der Waals surface area contributed by atoms with Gasteiger partial charge in [0.25, 0.3) is 5.89 Å². The van der Waals surface area contributed by atoms with Gasteiger partial charge >= 0.3 is 0 Å². The summed E-state index contributed by atoms with van der Waals surface area (Å²) in [6.45, 7) is 6.08. The quantitative estimate of drug-likeness (QED) is 0.599. The van der Waals surface area contributed by atoms with E-state index in [1.54, 1.807) is 24.3 Å². The van der Waals surface area contributed by atoms with Crippen LogP contribution in [0.25, 0.3) is 0 Å². The number of hydrogen-bond donors (Lipinski definition) is 1. The molecule has 9 heteroatoms. The van der Waals surface area contributed by atoms with Crippen molar-refractivity contribution in [2.75, 3.05) is 0 Å². The first kappa shape index (κ1) is 20.8. The topological polar surface area (TPSA) is 108 Å². The largest absolute Gasteiger partial charge is 0.481 e. The number of benzene rings is 2. The molecule has 1 fully saturated rings. The van der Waals surface area contributed by atoms with Crippen LogP contribution in [0.2, 0.25) is 5.02 Å². The highest BCUT2D eigenvalue weighted by Gasteiger charge is 2.61. The van der Waals surface area contributed by atoms with Crippen LogP contribution in [0.3, 0.4) is 0 Å². The highest BCUT2D eigenvalue weighted by Crippen LogP contribution is 2.69. The van der Waals surface area contributed by atoms with Crippen molar-refractivity contribution in [3.8, 4) is 5.75 Å². The second-order valence-corrected chi connectivity index (χ2v) is 10.1. The van der Waals surface area contributed by atoms with E-state index in [-0.39, 0.29) is 22.1 Å². The van der Waals surface area contributed by atoms with E-state index in [0.29, 0.717) is 22.5 Å². The van der Waals surface area contributed by atoms with Crippen LogP contribution in [0, 0.1) is 5.41 Å². The Kier molecular flexibility index (Phi) is 5.12. The molecular formula is C21H22ClN3O4S. The van der Waals surface area contributed by atoms with Gasteiger partial charge in [-0.25, -0.2) is 13.6 Å². The lowest BCUT2D eigenvalue weighted by Gasteiger charge is -2.10. The van der Waals surface area contributed by atoms with Crippen molar-refractivity contribution in [1.29, 1.82) is 0 Å². The van der Waals surface area contributed by atoms with Crippen LogP contribution in [0.4, 0.5) is 0 Å². The Morgan fingerprint density at radius 3 is 2.50 bits per heavy atom. The molecule has 1 aliphatic carbocycles. The summed E-state index contributed by atoms with van der Waals surface area (Å²) in [6, 6.07) is 13.7. The highest BCUT2D eigenvalue weighted by atomic mass is 35.5. The Hall–Kier alpha value is -2.42. The zero-order valence-corrected chi connectivity index (χ0v) is 18.3. The second-order valence-electron chi connectivity index (χ2n) is 8.10. The number of rotatable bonds is 6. The number of aromatic nitrogens is 2. The fraction of sp³-hybridized carbons (Fsp3) is 0.333. The molecule has 3 atom stereocenters. The maximum absolute atomic E-state index is 11.5. The molecule has 0 saturated heterocycles. The van der Waals surface area contributed by atoms with Gasteiger partial charge in [-0.15, -0.1) is 0 Å². The zero-order chi connectivity index (χ0) is 21.7. The highest BCUT2D eigenvalue weighted by molar-refractivity contribution is 7.89. The van der Waals surface area contributed by atoms with E-state index in [9.17, 15) is 8.42 Å². The maximum atomic E-state index is 11.5. The van der Waals surface area contributed by atoms with Crippen molar-refractivity contribution in [3.05, 3.63) is 70.8 Å². The van der Waals surface area contributed by atoms with Crippen molar-refractivity contribution in [3.63, 3.8) is 0 Å². The van der Waals surface area contributed by atoms with Crippen molar-refractivity contribution in [2.45, 2.75) is 43.6 Å². The van der Waals surface area contributed by atoms with Crippen molar-refractivity contribution >= 4 is 21.6 Å². The van der Waals surface area contributed by atoms with E-state index in [4.69, 9.17) is 26.0 Å². The summed E-state index contributed by atoms with van der Waals surface area (Å²) >= 11 is 6.00. The van der Waals surface area contributed by atoms with E-state index < -0.39 is 16.1 Å². The van der Waals surface area contributed by atoms with E-state index in [0.717, 1.165) is 5.56 Å². The molecule has 2 N–H and O–H groups in total.